The van der Waals surface area contributed by atoms with Crippen LogP contribution in [0.2, 0.25) is 0 Å². The van der Waals surface area contributed by atoms with Crippen molar-refractivity contribution < 1.29 is 9.59 Å². The van der Waals surface area contributed by atoms with Gasteiger partial charge in [-0.2, -0.15) is 0 Å². The largest absolute Gasteiger partial charge is 0.339 e. The number of carbonyl (C=O) groups excluding carboxylic acids is 2. The van der Waals surface area contributed by atoms with E-state index in [1.54, 1.807) is 11.8 Å². The first-order valence-corrected chi connectivity index (χ1v) is 6.11. The van der Waals surface area contributed by atoms with Gasteiger partial charge in [0.2, 0.25) is 5.91 Å². The van der Waals surface area contributed by atoms with Crippen molar-refractivity contribution in [1.82, 2.24) is 20.0 Å². The quantitative estimate of drug-likeness (QED) is 0.555. The Bertz CT molecular complexity index is 294. The van der Waals surface area contributed by atoms with Crippen molar-refractivity contribution in [2.75, 3.05) is 52.4 Å². The van der Waals surface area contributed by atoms with Crippen molar-refractivity contribution in [1.29, 1.82) is 0 Å². The molecule has 0 bridgehead atoms. The van der Waals surface area contributed by atoms with Crippen LogP contribution in [-0.4, -0.2) is 79.0 Å². The molecular formula is C11H19N4O2. The lowest BCUT2D eigenvalue weighted by atomic mass is 10.3. The van der Waals surface area contributed by atoms with Crippen molar-refractivity contribution in [3.05, 3.63) is 0 Å². The zero-order valence-corrected chi connectivity index (χ0v) is 10.3. The lowest BCUT2D eigenvalue weighted by Crippen LogP contribution is -2.56. The van der Waals surface area contributed by atoms with Crippen LogP contribution in [0.25, 0.3) is 0 Å². The average molecular weight is 239 g/mol. The first-order chi connectivity index (χ1) is 8.18. The maximum Gasteiger partial charge on any atom is 0.320 e. The summed E-state index contributed by atoms with van der Waals surface area (Å²) in [7, 11) is 0. The van der Waals surface area contributed by atoms with Crippen LogP contribution >= 0.6 is 0 Å². The van der Waals surface area contributed by atoms with Gasteiger partial charge in [0.05, 0.1) is 0 Å². The van der Waals surface area contributed by atoms with E-state index < -0.39 is 0 Å². The van der Waals surface area contributed by atoms with Crippen molar-refractivity contribution in [3.8, 4) is 0 Å². The number of hydrogen-bond donors (Lipinski definition) is 0. The summed E-state index contributed by atoms with van der Waals surface area (Å²) >= 11 is 0. The molecule has 0 unspecified atom stereocenters. The summed E-state index contributed by atoms with van der Waals surface area (Å²) in [5, 5.41) is 4.22. The zero-order chi connectivity index (χ0) is 12.3. The molecule has 6 heteroatoms. The topological polar surface area (TPSA) is 58.0 Å². The van der Waals surface area contributed by atoms with Gasteiger partial charge >= 0.3 is 6.03 Å². The van der Waals surface area contributed by atoms with E-state index in [9.17, 15) is 9.59 Å². The van der Waals surface area contributed by atoms with Crippen molar-refractivity contribution in [2.24, 2.45) is 0 Å². The predicted octanol–water partition coefficient (Wildman–Crippen LogP) is -0.809. The molecule has 0 N–H and O–H groups in total. The normalized spacial score (nSPS) is 21.6. The second-order valence-corrected chi connectivity index (χ2v) is 4.43. The Hall–Kier alpha value is -1.30. The SMILES string of the molecule is CC(=O)N1CCN(C(=O)N2CC[N]CC2)CC1. The minimum absolute atomic E-state index is 0.0915. The molecule has 2 fully saturated rings. The molecule has 3 amide bonds. The lowest BCUT2D eigenvalue weighted by molar-refractivity contribution is -0.130. The van der Waals surface area contributed by atoms with Gasteiger partial charge in [-0.05, 0) is 0 Å². The Morgan fingerprint density at radius 2 is 1.29 bits per heavy atom. The summed E-state index contributed by atoms with van der Waals surface area (Å²) in [6.07, 6.45) is 0. The highest BCUT2D eigenvalue weighted by atomic mass is 16.2. The molecule has 17 heavy (non-hydrogen) atoms. The summed E-state index contributed by atoms with van der Waals surface area (Å²) in [6, 6.07) is 0.100. The van der Waals surface area contributed by atoms with E-state index in [2.05, 4.69) is 5.32 Å². The molecule has 2 rings (SSSR count). The maximum absolute atomic E-state index is 12.1. The molecule has 0 spiro atoms. The van der Waals surface area contributed by atoms with Gasteiger partial charge < -0.3 is 14.7 Å². The number of rotatable bonds is 0. The zero-order valence-electron chi connectivity index (χ0n) is 10.3. The van der Waals surface area contributed by atoms with Crippen molar-refractivity contribution in [2.45, 2.75) is 6.92 Å². The maximum atomic E-state index is 12.1. The second-order valence-electron chi connectivity index (χ2n) is 4.43. The summed E-state index contributed by atoms with van der Waals surface area (Å²) in [6.45, 7) is 7.12. The van der Waals surface area contributed by atoms with Crippen LogP contribution in [0, 0.1) is 0 Å². The minimum Gasteiger partial charge on any atom is -0.339 e. The Balaban J connectivity index is 1.83. The van der Waals surface area contributed by atoms with Gasteiger partial charge in [0.1, 0.15) is 0 Å². The highest BCUT2D eigenvalue weighted by Gasteiger charge is 2.26. The molecule has 0 aromatic carbocycles. The average Bonchev–Trinajstić information content (AvgIpc) is 2.39. The lowest BCUT2D eigenvalue weighted by Gasteiger charge is -2.38. The molecular weight excluding hydrogens is 220 g/mol. The second kappa shape index (κ2) is 5.35. The molecule has 6 nitrogen and oxygen atoms in total. The fraction of sp³-hybridized carbons (Fsp3) is 0.818. The molecule has 2 aliphatic heterocycles. The van der Waals surface area contributed by atoms with E-state index in [1.807, 2.05) is 9.80 Å². The molecule has 0 aliphatic carbocycles. The molecule has 0 saturated carbocycles. The fourth-order valence-corrected chi connectivity index (χ4v) is 2.21. The van der Waals surface area contributed by atoms with E-state index >= 15 is 0 Å². The molecule has 1 radical (unpaired) electrons. The third kappa shape index (κ3) is 2.88. The highest BCUT2D eigenvalue weighted by molar-refractivity contribution is 5.76. The Morgan fingerprint density at radius 1 is 0.824 bits per heavy atom. The van der Waals surface area contributed by atoms with Gasteiger partial charge in [-0.15, -0.1) is 0 Å². The van der Waals surface area contributed by atoms with Crippen molar-refractivity contribution in [3.63, 3.8) is 0 Å². The van der Waals surface area contributed by atoms with Gasteiger partial charge in [-0.25, -0.2) is 10.1 Å². The standard InChI is InChI=1S/C11H19N4O2/c1-10(16)13-6-8-15(9-7-13)11(17)14-4-2-12-3-5-14/h2-9H2,1H3. The molecule has 0 aromatic rings. The van der Waals surface area contributed by atoms with Gasteiger partial charge in [0.25, 0.3) is 0 Å². The van der Waals surface area contributed by atoms with E-state index in [1.165, 1.54) is 0 Å². The first kappa shape index (κ1) is 12.2. The van der Waals surface area contributed by atoms with E-state index in [0.29, 0.717) is 26.2 Å². The third-order valence-corrected chi connectivity index (χ3v) is 3.32. The number of urea groups is 1. The van der Waals surface area contributed by atoms with E-state index in [-0.39, 0.29) is 11.9 Å². The van der Waals surface area contributed by atoms with Gasteiger partial charge in [-0.3, -0.25) is 4.79 Å². The van der Waals surface area contributed by atoms with Gasteiger partial charge in [0, 0.05) is 59.3 Å². The summed E-state index contributed by atoms with van der Waals surface area (Å²) < 4.78 is 0. The van der Waals surface area contributed by atoms with Crippen LogP contribution in [-0.2, 0) is 4.79 Å². The van der Waals surface area contributed by atoms with Crippen molar-refractivity contribution >= 4 is 11.9 Å². The number of hydrogen-bond acceptors (Lipinski definition) is 2. The number of carbonyl (C=O) groups is 2. The van der Waals surface area contributed by atoms with Crippen LogP contribution in [0.4, 0.5) is 4.79 Å². The highest BCUT2D eigenvalue weighted by Crippen LogP contribution is 2.07. The van der Waals surface area contributed by atoms with Crippen LogP contribution in [0.1, 0.15) is 6.92 Å². The van der Waals surface area contributed by atoms with E-state index in [4.69, 9.17) is 0 Å². The molecule has 95 valence electrons. The summed E-state index contributed by atoms with van der Waals surface area (Å²) in [4.78, 5) is 28.8. The summed E-state index contributed by atoms with van der Waals surface area (Å²) in [5.74, 6) is 0.0915. The van der Waals surface area contributed by atoms with E-state index in [0.717, 1.165) is 26.2 Å². The van der Waals surface area contributed by atoms with Crippen LogP contribution in [0.5, 0.6) is 0 Å². The van der Waals surface area contributed by atoms with Gasteiger partial charge in [-0.1, -0.05) is 0 Å². The first-order valence-electron chi connectivity index (χ1n) is 6.11. The Morgan fingerprint density at radius 3 is 1.82 bits per heavy atom. The Kier molecular flexibility index (Phi) is 3.83. The predicted molar refractivity (Wildman–Crippen MR) is 62.7 cm³/mol. The molecule has 2 saturated heterocycles. The molecule has 2 aliphatic rings. The smallest absolute Gasteiger partial charge is 0.320 e. The third-order valence-electron chi connectivity index (χ3n) is 3.32. The monoisotopic (exact) mass is 239 g/mol. The molecule has 2 heterocycles. The fourth-order valence-electron chi connectivity index (χ4n) is 2.21. The number of amides is 3. The minimum atomic E-state index is 0.0915. The van der Waals surface area contributed by atoms with Crippen LogP contribution < -0.4 is 5.32 Å². The van der Waals surface area contributed by atoms with Crippen LogP contribution in [0.3, 0.4) is 0 Å². The Labute approximate surface area is 102 Å². The number of piperazine rings is 2. The van der Waals surface area contributed by atoms with Crippen LogP contribution in [0.15, 0.2) is 0 Å². The number of nitrogens with zero attached hydrogens (tertiary/aromatic N) is 4. The van der Waals surface area contributed by atoms with Gasteiger partial charge in [0.15, 0.2) is 0 Å². The molecule has 0 aromatic heterocycles. The summed E-state index contributed by atoms with van der Waals surface area (Å²) in [5.41, 5.74) is 0. The molecule has 0 atom stereocenters.